The molecule has 0 spiro atoms. The number of pyridine rings is 1. The maximum Gasteiger partial charge on any atom is 0.278 e. The van der Waals surface area contributed by atoms with Crippen LogP contribution in [0.15, 0.2) is 47.4 Å². The maximum atomic E-state index is 13.1. The Balaban J connectivity index is 1.54. The molecule has 188 valence electrons. The number of nitrogens with zero attached hydrogens (tertiary/aromatic N) is 6. The summed E-state index contributed by atoms with van der Waals surface area (Å²) in [4.78, 5) is 29.0. The van der Waals surface area contributed by atoms with Crippen LogP contribution in [0.4, 0.5) is 11.6 Å². The number of hydrogen-bond acceptors (Lipinski definition) is 8. The molecule has 1 aliphatic rings. The van der Waals surface area contributed by atoms with E-state index in [1.807, 2.05) is 13.0 Å². The monoisotopic (exact) mass is 489 g/mol. The van der Waals surface area contributed by atoms with Gasteiger partial charge in [-0.2, -0.15) is 4.98 Å². The Morgan fingerprint density at radius 1 is 1.14 bits per heavy atom. The van der Waals surface area contributed by atoms with Crippen LogP contribution in [0.5, 0.6) is 0 Å². The summed E-state index contributed by atoms with van der Waals surface area (Å²) in [5.41, 5.74) is 2.97. The molecule has 10 heteroatoms. The van der Waals surface area contributed by atoms with Gasteiger partial charge in [-0.15, -0.1) is 0 Å². The van der Waals surface area contributed by atoms with Crippen molar-refractivity contribution in [3.63, 3.8) is 0 Å². The summed E-state index contributed by atoms with van der Waals surface area (Å²) >= 11 is 0. The van der Waals surface area contributed by atoms with Crippen LogP contribution in [0.2, 0.25) is 0 Å². The lowest BCUT2D eigenvalue weighted by atomic mass is 9.99. The largest absolute Gasteiger partial charge is 0.395 e. The minimum Gasteiger partial charge on any atom is -0.395 e. The van der Waals surface area contributed by atoms with E-state index >= 15 is 0 Å². The lowest BCUT2D eigenvalue weighted by Gasteiger charge is -2.28. The van der Waals surface area contributed by atoms with Crippen LogP contribution in [-0.2, 0) is 25.1 Å². The number of nitrogens with one attached hydrogen (secondary N) is 1. The van der Waals surface area contributed by atoms with Crippen LogP contribution in [0.3, 0.4) is 0 Å². The molecule has 0 unspecified atom stereocenters. The highest BCUT2D eigenvalue weighted by Crippen LogP contribution is 2.25. The van der Waals surface area contributed by atoms with Gasteiger partial charge in [0.15, 0.2) is 11.5 Å². The zero-order valence-electron chi connectivity index (χ0n) is 20.8. The number of rotatable bonds is 7. The summed E-state index contributed by atoms with van der Waals surface area (Å²) in [6.45, 7) is 8.18. The molecule has 10 nitrogen and oxygen atoms in total. The lowest BCUT2D eigenvalue weighted by Crippen LogP contribution is -2.32. The fourth-order valence-corrected chi connectivity index (χ4v) is 4.64. The highest BCUT2D eigenvalue weighted by atomic mass is 16.3. The third kappa shape index (κ3) is 4.50. The number of β-amino-alcohol motifs (C(OH)–C–C–N with tert-alkyl or cyclic N) is 1. The molecule has 1 aromatic carbocycles. The zero-order valence-corrected chi connectivity index (χ0v) is 20.8. The third-order valence-electron chi connectivity index (χ3n) is 6.52. The molecule has 4 heterocycles. The summed E-state index contributed by atoms with van der Waals surface area (Å²) in [6, 6.07) is 11.6. The SMILES string of the molecule is CCn1c(=O)c2cnc(Nc3ccc4c(c3)CN(CCO)CC4)nc2n1-c1cccc(C(C)(C)O)n1. The number of fused-ring (bicyclic) bond motifs is 2. The zero-order chi connectivity index (χ0) is 25.4. The molecule has 0 saturated heterocycles. The van der Waals surface area contributed by atoms with E-state index < -0.39 is 5.60 Å². The smallest absolute Gasteiger partial charge is 0.278 e. The van der Waals surface area contributed by atoms with Crippen molar-refractivity contribution in [2.45, 2.75) is 45.9 Å². The van der Waals surface area contributed by atoms with E-state index in [0.29, 0.717) is 41.6 Å². The van der Waals surface area contributed by atoms with E-state index in [0.717, 1.165) is 25.2 Å². The summed E-state index contributed by atoms with van der Waals surface area (Å²) in [5.74, 6) is 0.858. The van der Waals surface area contributed by atoms with E-state index in [-0.39, 0.29) is 12.2 Å². The van der Waals surface area contributed by atoms with Gasteiger partial charge in [0.25, 0.3) is 5.56 Å². The molecule has 3 N–H and O–H groups in total. The number of aliphatic hydroxyl groups excluding tert-OH is 1. The lowest BCUT2D eigenvalue weighted by molar-refractivity contribution is 0.0738. The fraction of sp³-hybridized carbons (Fsp3) is 0.385. The van der Waals surface area contributed by atoms with Crippen molar-refractivity contribution in [3.8, 4) is 5.82 Å². The van der Waals surface area contributed by atoms with Gasteiger partial charge in [-0.3, -0.25) is 9.69 Å². The van der Waals surface area contributed by atoms with Crippen molar-refractivity contribution in [1.82, 2.24) is 29.2 Å². The number of benzene rings is 1. The first-order valence-corrected chi connectivity index (χ1v) is 12.2. The van der Waals surface area contributed by atoms with Gasteiger partial charge < -0.3 is 15.5 Å². The minimum absolute atomic E-state index is 0.147. The normalized spacial score (nSPS) is 14.2. The molecular formula is C26H31N7O3. The summed E-state index contributed by atoms with van der Waals surface area (Å²) in [7, 11) is 0. The van der Waals surface area contributed by atoms with Gasteiger partial charge in [-0.25, -0.2) is 19.3 Å². The Labute approximate surface area is 208 Å². The second kappa shape index (κ2) is 9.45. The molecule has 0 radical (unpaired) electrons. The molecular weight excluding hydrogens is 458 g/mol. The molecule has 0 amide bonds. The molecule has 0 saturated carbocycles. The van der Waals surface area contributed by atoms with E-state index in [1.165, 1.54) is 17.3 Å². The van der Waals surface area contributed by atoms with Crippen LogP contribution in [0, 0.1) is 0 Å². The Bertz CT molecular complexity index is 1470. The second-order valence-corrected chi connectivity index (χ2v) is 9.56. The summed E-state index contributed by atoms with van der Waals surface area (Å²) in [6.07, 6.45) is 2.49. The summed E-state index contributed by atoms with van der Waals surface area (Å²) < 4.78 is 3.24. The molecule has 0 bridgehead atoms. The van der Waals surface area contributed by atoms with Crippen LogP contribution < -0.4 is 10.9 Å². The van der Waals surface area contributed by atoms with Crippen molar-refractivity contribution < 1.29 is 10.2 Å². The van der Waals surface area contributed by atoms with E-state index in [2.05, 4.69) is 32.3 Å². The maximum absolute atomic E-state index is 13.1. The van der Waals surface area contributed by atoms with Crippen molar-refractivity contribution in [2.24, 2.45) is 0 Å². The molecule has 0 atom stereocenters. The van der Waals surface area contributed by atoms with Crippen LogP contribution in [0.1, 0.15) is 37.6 Å². The van der Waals surface area contributed by atoms with Gasteiger partial charge in [-0.05, 0) is 62.6 Å². The Morgan fingerprint density at radius 3 is 2.72 bits per heavy atom. The fourth-order valence-electron chi connectivity index (χ4n) is 4.64. The van der Waals surface area contributed by atoms with Gasteiger partial charge in [-0.1, -0.05) is 12.1 Å². The van der Waals surface area contributed by atoms with Gasteiger partial charge in [0.2, 0.25) is 5.95 Å². The second-order valence-electron chi connectivity index (χ2n) is 9.56. The van der Waals surface area contributed by atoms with Gasteiger partial charge in [0.1, 0.15) is 11.0 Å². The average molecular weight is 490 g/mol. The highest BCUT2D eigenvalue weighted by Gasteiger charge is 2.22. The summed E-state index contributed by atoms with van der Waals surface area (Å²) in [5, 5.41) is 23.4. The van der Waals surface area contributed by atoms with Crippen molar-refractivity contribution in [1.29, 1.82) is 0 Å². The predicted octanol–water partition coefficient (Wildman–Crippen LogP) is 2.32. The Morgan fingerprint density at radius 2 is 1.97 bits per heavy atom. The molecule has 1 aliphatic heterocycles. The minimum atomic E-state index is -1.13. The highest BCUT2D eigenvalue weighted by molar-refractivity contribution is 5.77. The van der Waals surface area contributed by atoms with E-state index in [9.17, 15) is 15.0 Å². The first kappa shape index (κ1) is 24.1. The Kier molecular flexibility index (Phi) is 6.33. The Hall–Kier alpha value is -3.60. The van der Waals surface area contributed by atoms with Gasteiger partial charge in [0, 0.05) is 38.1 Å². The van der Waals surface area contributed by atoms with Crippen LogP contribution in [-0.4, -0.2) is 59.1 Å². The molecule has 36 heavy (non-hydrogen) atoms. The quantitative estimate of drug-likeness (QED) is 0.362. The molecule has 0 fully saturated rings. The molecule has 0 aliphatic carbocycles. The van der Waals surface area contributed by atoms with Crippen LogP contribution in [0.25, 0.3) is 16.9 Å². The van der Waals surface area contributed by atoms with Gasteiger partial charge >= 0.3 is 0 Å². The molecule has 3 aromatic heterocycles. The van der Waals surface area contributed by atoms with Crippen molar-refractivity contribution in [3.05, 3.63) is 69.8 Å². The molecule has 4 aromatic rings. The van der Waals surface area contributed by atoms with Gasteiger partial charge in [0.05, 0.1) is 12.3 Å². The third-order valence-corrected chi connectivity index (χ3v) is 6.52. The van der Waals surface area contributed by atoms with Crippen LogP contribution >= 0.6 is 0 Å². The van der Waals surface area contributed by atoms with E-state index in [4.69, 9.17) is 4.98 Å². The first-order valence-electron chi connectivity index (χ1n) is 12.2. The topological polar surface area (TPSA) is 121 Å². The van der Waals surface area contributed by atoms with E-state index in [1.54, 1.807) is 41.4 Å². The first-order chi connectivity index (χ1) is 17.3. The van der Waals surface area contributed by atoms with Crippen molar-refractivity contribution in [2.75, 3.05) is 25.0 Å². The number of aliphatic hydroxyl groups is 2. The molecule has 5 rings (SSSR count). The number of hydrogen-bond donors (Lipinski definition) is 3. The number of anilines is 2. The standard InChI is InChI=1S/C26H31N7O3/c1-4-32-24(35)20-15-27-25(28-19-9-8-17-10-11-31(12-13-34)16-18(17)14-19)30-23(20)33(32)22-7-5-6-21(29-22)26(2,3)36/h5-9,14-15,34,36H,4,10-13,16H2,1-3H3,(H,27,28,30). The predicted molar refractivity (Wildman–Crippen MR) is 138 cm³/mol. The average Bonchev–Trinajstić information content (AvgIpc) is 3.14. The number of aromatic nitrogens is 5. The van der Waals surface area contributed by atoms with Crippen molar-refractivity contribution >= 4 is 22.7 Å².